The maximum absolute atomic E-state index is 11.6. The Morgan fingerprint density at radius 2 is 2.10 bits per heavy atom. The summed E-state index contributed by atoms with van der Waals surface area (Å²) in [7, 11) is -2.89. The molecule has 0 bridgehead atoms. The Balaban J connectivity index is 1.68. The Bertz CT molecular complexity index is 608. The van der Waals surface area contributed by atoms with E-state index in [9.17, 15) is 8.42 Å². The number of hydrogen-bond donors (Lipinski definition) is 1. The molecule has 1 aliphatic carbocycles. The number of hydrogen-bond acceptors (Lipinski definition) is 4. The topological polar surface area (TPSA) is 46.2 Å². The second-order valence-electron chi connectivity index (χ2n) is 6.53. The lowest BCUT2D eigenvalue weighted by Gasteiger charge is -2.23. The molecule has 0 spiro atoms. The van der Waals surface area contributed by atoms with Gasteiger partial charge >= 0.3 is 0 Å². The van der Waals surface area contributed by atoms with Crippen molar-refractivity contribution in [2.45, 2.75) is 25.3 Å². The van der Waals surface area contributed by atoms with Gasteiger partial charge in [-0.25, -0.2) is 8.42 Å². The van der Waals surface area contributed by atoms with Crippen molar-refractivity contribution in [1.29, 1.82) is 0 Å². The summed E-state index contributed by atoms with van der Waals surface area (Å²) in [5, 5.41) is 3.66. The molecule has 5 heteroatoms. The van der Waals surface area contributed by atoms with Gasteiger partial charge in [0.25, 0.3) is 0 Å². The normalized spacial score (nSPS) is 24.1. The van der Waals surface area contributed by atoms with E-state index in [1.54, 1.807) is 0 Å². The molecule has 1 aromatic carbocycles. The molecule has 1 N–H and O–H groups in total. The molecule has 21 heavy (non-hydrogen) atoms. The minimum absolute atomic E-state index is 0.000498. The van der Waals surface area contributed by atoms with Crippen molar-refractivity contribution in [1.82, 2.24) is 5.32 Å². The Kier molecular flexibility index (Phi) is 4.35. The molecule has 1 fully saturated rings. The summed E-state index contributed by atoms with van der Waals surface area (Å²) in [6, 6.07) is 9.00. The van der Waals surface area contributed by atoms with Crippen molar-refractivity contribution >= 4 is 21.6 Å². The highest BCUT2D eigenvalue weighted by Crippen LogP contribution is 2.46. The molecule has 2 aliphatic rings. The number of fused-ring (bicyclic) bond motifs is 1. The molecule has 3 rings (SSSR count). The first-order valence-electron chi connectivity index (χ1n) is 7.54. The molecule has 1 atom stereocenters. The smallest absolute Gasteiger partial charge is 0.148 e. The van der Waals surface area contributed by atoms with E-state index in [1.165, 1.54) is 23.1 Å². The minimum Gasteiger partial charge on any atom is -0.309 e. The fraction of sp³-hybridized carbons (Fsp3) is 0.625. The van der Waals surface area contributed by atoms with Gasteiger partial charge in [0.2, 0.25) is 0 Å². The maximum Gasteiger partial charge on any atom is 0.148 e. The summed E-state index contributed by atoms with van der Waals surface area (Å²) in [6.45, 7) is 0.819. The van der Waals surface area contributed by atoms with E-state index in [-0.39, 0.29) is 5.41 Å². The van der Waals surface area contributed by atoms with E-state index < -0.39 is 9.84 Å². The van der Waals surface area contributed by atoms with Gasteiger partial charge in [-0.3, -0.25) is 0 Å². The molecule has 0 aromatic heterocycles. The Morgan fingerprint density at radius 1 is 1.33 bits per heavy atom. The third kappa shape index (κ3) is 4.02. The van der Waals surface area contributed by atoms with Gasteiger partial charge in [0.15, 0.2) is 0 Å². The second-order valence-corrected chi connectivity index (χ2v) is 9.82. The first-order valence-corrected chi connectivity index (χ1v) is 10.8. The average Bonchev–Trinajstić information content (AvgIpc) is 3.18. The van der Waals surface area contributed by atoms with Crippen LogP contribution in [0.2, 0.25) is 0 Å². The van der Waals surface area contributed by atoms with E-state index >= 15 is 0 Å². The van der Waals surface area contributed by atoms with Crippen LogP contribution >= 0.6 is 11.8 Å². The number of thioether (sulfide) groups is 1. The highest BCUT2D eigenvalue weighted by Gasteiger charge is 2.45. The van der Waals surface area contributed by atoms with Crippen LogP contribution in [0.5, 0.6) is 0 Å². The first kappa shape index (κ1) is 15.4. The van der Waals surface area contributed by atoms with Gasteiger partial charge in [0, 0.05) is 24.6 Å². The standard InChI is InChI=1S/C16H23NO2S2/c1-21(18,19)12-16(7-8-16)11-17-15-10-20-9-6-13-4-2-3-5-14(13)15/h2-5,15,17H,6-12H2,1H3. The Hall–Kier alpha value is -0.520. The molecule has 1 aromatic rings. The maximum atomic E-state index is 11.6. The molecular formula is C16H23NO2S2. The van der Waals surface area contributed by atoms with E-state index in [2.05, 4.69) is 29.6 Å². The fourth-order valence-electron chi connectivity index (χ4n) is 3.19. The van der Waals surface area contributed by atoms with Gasteiger partial charge in [-0.2, -0.15) is 11.8 Å². The van der Waals surface area contributed by atoms with Crippen molar-refractivity contribution in [2.75, 3.05) is 30.1 Å². The number of rotatable bonds is 5. The molecule has 3 nitrogen and oxygen atoms in total. The lowest BCUT2D eigenvalue weighted by molar-refractivity contribution is 0.457. The van der Waals surface area contributed by atoms with Crippen molar-refractivity contribution < 1.29 is 8.42 Å². The molecule has 1 unspecified atom stereocenters. The third-order valence-electron chi connectivity index (χ3n) is 4.48. The molecule has 1 saturated carbocycles. The van der Waals surface area contributed by atoms with E-state index in [0.717, 1.165) is 31.6 Å². The summed E-state index contributed by atoms with van der Waals surface area (Å²) in [4.78, 5) is 0. The van der Waals surface area contributed by atoms with Gasteiger partial charge in [-0.15, -0.1) is 0 Å². The molecule has 116 valence electrons. The summed E-state index contributed by atoms with van der Waals surface area (Å²) in [6.07, 6.45) is 4.56. The van der Waals surface area contributed by atoms with Crippen LogP contribution in [0.15, 0.2) is 24.3 Å². The van der Waals surface area contributed by atoms with E-state index in [1.807, 2.05) is 11.8 Å². The molecule has 0 radical (unpaired) electrons. The molecule has 1 aliphatic heterocycles. The van der Waals surface area contributed by atoms with Crippen molar-refractivity contribution in [3.8, 4) is 0 Å². The lowest BCUT2D eigenvalue weighted by atomic mass is 9.99. The first-order chi connectivity index (χ1) is 9.98. The Morgan fingerprint density at radius 3 is 2.81 bits per heavy atom. The zero-order valence-electron chi connectivity index (χ0n) is 12.5. The molecule has 1 heterocycles. The monoisotopic (exact) mass is 325 g/mol. The van der Waals surface area contributed by atoms with Crippen molar-refractivity contribution in [2.24, 2.45) is 5.41 Å². The van der Waals surface area contributed by atoms with Gasteiger partial charge in [0.05, 0.1) is 5.75 Å². The SMILES string of the molecule is CS(=O)(=O)CC1(CNC2CSCCc3ccccc32)CC1. The molecule has 0 saturated heterocycles. The summed E-state index contributed by atoms with van der Waals surface area (Å²) in [5.74, 6) is 2.57. The van der Waals surface area contributed by atoms with Crippen molar-refractivity contribution in [3.05, 3.63) is 35.4 Å². The summed E-state index contributed by atoms with van der Waals surface area (Å²) >= 11 is 1.98. The highest BCUT2D eigenvalue weighted by molar-refractivity contribution is 7.99. The number of sulfone groups is 1. The zero-order valence-corrected chi connectivity index (χ0v) is 14.1. The van der Waals surface area contributed by atoms with Gasteiger partial charge in [0.1, 0.15) is 9.84 Å². The van der Waals surface area contributed by atoms with Crippen LogP contribution < -0.4 is 5.32 Å². The summed E-state index contributed by atoms with van der Waals surface area (Å²) in [5.41, 5.74) is 2.84. The largest absolute Gasteiger partial charge is 0.309 e. The van der Waals surface area contributed by atoms with Gasteiger partial charge in [-0.1, -0.05) is 24.3 Å². The van der Waals surface area contributed by atoms with E-state index in [4.69, 9.17) is 0 Å². The quantitative estimate of drug-likeness (QED) is 0.903. The van der Waals surface area contributed by atoms with Crippen molar-refractivity contribution in [3.63, 3.8) is 0 Å². The third-order valence-corrected chi connectivity index (χ3v) is 6.68. The Labute approximate surface area is 131 Å². The average molecular weight is 325 g/mol. The zero-order chi connectivity index (χ0) is 14.9. The predicted octanol–water partition coefficient (Wildman–Crippen LogP) is 2.43. The van der Waals surface area contributed by atoms with Crippen LogP contribution in [-0.2, 0) is 16.3 Å². The number of benzene rings is 1. The fourth-order valence-corrected chi connectivity index (χ4v) is 5.76. The minimum atomic E-state index is -2.89. The van der Waals surface area contributed by atoms with Gasteiger partial charge < -0.3 is 5.32 Å². The number of aryl methyl sites for hydroxylation is 1. The highest BCUT2D eigenvalue weighted by atomic mass is 32.2. The molecular weight excluding hydrogens is 302 g/mol. The summed E-state index contributed by atoms with van der Waals surface area (Å²) < 4.78 is 23.1. The van der Waals surface area contributed by atoms with Crippen LogP contribution in [0, 0.1) is 5.41 Å². The predicted molar refractivity (Wildman–Crippen MR) is 89.6 cm³/mol. The van der Waals surface area contributed by atoms with Crippen LogP contribution in [0.1, 0.15) is 30.0 Å². The molecule has 0 amide bonds. The number of nitrogens with one attached hydrogen (secondary N) is 1. The van der Waals surface area contributed by atoms with Crippen LogP contribution in [0.3, 0.4) is 0 Å². The van der Waals surface area contributed by atoms with Gasteiger partial charge in [-0.05, 0) is 41.6 Å². The lowest BCUT2D eigenvalue weighted by Crippen LogP contribution is -2.33. The van der Waals surface area contributed by atoms with Crippen LogP contribution in [0.4, 0.5) is 0 Å². The van der Waals surface area contributed by atoms with Crippen LogP contribution in [0.25, 0.3) is 0 Å². The van der Waals surface area contributed by atoms with Crippen LogP contribution in [-0.4, -0.2) is 38.5 Å². The second kappa shape index (κ2) is 5.94. The van der Waals surface area contributed by atoms with E-state index in [0.29, 0.717) is 11.8 Å².